The first-order valence-corrected chi connectivity index (χ1v) is 7.76. The van der Waals surface area contributed by atoms with Crippen LogP contribution in [-0.4, -0.2) is 42.1 Å². The summed E-state index contributed by atoms with van der Waals surface area (Å²) < 4.78 is 25.7. The molecule has 2 fully saturated rings. The minimum Gasteiger partial charge on any atom is -0.481 e. The van der Waals surface area contributed by atoms with Crippen molar-refractivity contribution in [3.63, 3.8) is 0 Å². The highest BCUT2D eigenvalue weighted by molar-refractivity contribution is 7.90. The minimum atomic E-state index is -3.28. The highest BCUT2D eigenvalue weighted by Crippen LogP contribution is 2.39. The number of piperidine rings is 1. The third-order valence-corrected chi connectivity index (χ3v) is 6.18. The van der Waals surface area contributed by atoms with Crippen LogP contribution in [0, 0.1) is 5.41 Å². The number of hydrogen-bond acceptors (Lipinski definition) is 3. The smallest absolute Gasteiger partial charge is 0.311 e. The summed E-state index contributed by atoms with van der Waals surface area (Å²) in [6.45, 7) is 4.13. The van der Waals surface area contributed by atoms with Crippen LogP contribution >= 0.6 is 0 Å². The zero-order chi connectivity index (χ0) is 13.4. The molecule has 0 aromatic heterocycles. The van der Waals surface area contributed by atoms with E-state index >= 15 is 0 Å². The molecule has 0 aromatic carbocycles. The number of nitrogens with zero attached hydrogens (tertiary/aromatic N) is 1. The predicted octanol–water partition coefficient (Wildman–Crippen LogP) is 1.22. The summed E-state index contributed by atoms with van der Waals surface area (Å²) in [4.78, 5) is 11.5. The van der Waals surface area contributed by atoms with Crippen molar-refractivity contribution in [2.45, 2.75) is 37.4 Å². The Morgan fingerprint density at radius 2 is 2.17 bits per heavy atom. The molecule has 0 amide bonds. The standard InChI is InChI=1S/C12H19NO4S/c1-2-6-12(11(14)15)7-3-8-13(9-12)18(16,17)10-4-5-10/h2,10H,1,3-9H2,(H,14,15)/t12-/m1/s1. The molecule has 1 aliphatic heterocycles. The summed E-state index contributed by atoms with van der Waals surface area (Å²) >= 11 is 0. The van der Waals surface area contributed by atoms with E-state index in [0.29, 0.717) is 38.6 Å². The molecule has 0 radical (unpaired) electrons. The van der Waals surface area contributed by atoms with E-state index in [2.05, 4.69) is 6.58 Å². The van der Waals surface area contributed by atoms with Crippen LogP contribution in [0.4, 0.5) is 0 Å². The molecule has 1 heterocycles. The van der Waals surface area contributed by atoms with E-state index in [1.165, 1.54) is 4.31 Å². The van der Waals surface area contributed by atoms with Crippen molar-refractivity contribution in [3.8, 4) is 0 Å². The lowest BCUT2D eigenvalue weighted by Crippen LogP contribution is -2.50. The van der Waals surface area contributed by atoms with Crippen molar-refractivity contribution >= 4 is 16.0 Å². The van der Waals surface area contributed by atoms with Crippen LogP contribution in [0.3, 0.4) is 0 Å². The third-order valence-electron chi connectivity index (χ3n) is 3.84. The molecule has 1 saturated heterocycles. The largest absolute Gasteiger partial charge is 0.481 e. The van der Waals surface area contributed by atoms with E-state index in [9.17, 15) is 18.3 Å². The summed E-state index contributed by atoms with van der Waals surface area (Å²) in [5, 5.41) is 9.12. The first-order chi connectivity index (χ1) is 8.42. The molecule has 18 heavy (non-hydrogen) atoms. The average molecular weight is 273 g/mol. The van der Waals surface area contributed by atoms with Crippen molar-refractivity contribution in [1.82, 2.24) is 4.31 Å². The van der Waals surface area contributed by atoms with E-state index in [1.807, 2.05) is 0 Å². The highest BCUT2D eigenvalue weighted by atomic mass is 32.2. The van der Waals surface area contributed by atoms with Gasteiger partial charge in [-0.15, -0.1) is 6.58 Å². The Bertz CT molecular complexity index is 455. The summed E-state index contributed by atoms with van der Waals surface area (Å²) in [7, 11) is -3.28. The molecule has 2 rings (SSSR count). The van der Waals surface area contributed by atoms with Crippen LogP contribution in [0.5, 0.6) is 0 Å². The molecular weight excluding hydrogens is 254 g/mol. The first-order valence-electron chi connectivity index (χ1n) is 6.26. The first kappa shape index (κ1) is 13.5. The van der Waals surface area contributed by atoms with Gasteiger partial charge in [0.1, 0.15) is 0 Å². The molecule has 1 saturated carbocycles. The zero-order valence-electron chi connectivity index (χ0n) is 10.3. The number of hydrogen-bond donors (Lipinski definition) is 1. The fourth-order valence-corrected chi connectivity index (χ4v) is 4.55. The predicted molar refractivity (Wildman–Crippen MR) is 67.6 cm³/mol. The second-order valence-electron chi connectivity index (χ2n) is 5.26. The molecule has 1 atom stereocenters. The summed E-state index contributed by atoms with van der Waals surface area (Å²) in [6, 6.07) is 0. The summed E-state index contributed by atoms with van der Waals surface area (Å²) in [6.07, 6.45) is 4.43. The van der Waals surface area contributed by atoms with Gasteiger partial charge in [-0.3, -0.25) is 4.79 Å². The van der Waals surface area contributed by atoms with Gasteiger partial charge in [0.15, 0.2) is 0 Å². The maximum absolute atomic E-state index is 12.2. The van der Waals surface area contributed by atoms with Gasteiger partial charge >= 0.3 is 5.97 Å². The quantitative estimate of drug-likeness (QED) is 0.764. The normalized spacial score (nSPS) is 30.0. The van der Waals surface area contributed by atoms with Gasteiger partial charge in [0.25, 0.3) is 0 Å². The number of carboxylic acids is 1. The van der Waals surface area contributed by atoms with E-state index in [0.717, 1.165) is 0 Å². The molecule has 1 aliphatic carbocycles. The van der Waals surface area contributed by atoms with Crippen LogP contribution in [-0.2, 0) is 14.8 Å². The lowest BCUT2D eigenvalue weighted by Gasteiger charge is -2.38. The van der Waals surface area contributed by atoms with Gasteiger partial charge in [-0.05, 0) is 32.1 Å². The van der Waals surface area contributed by atoms with E-state index in [1.54, 1.807) is 6.08 Å². The van der Waals surface area contributed by atoms with Gasteiger partial charge in [0, 0.05) is 13.1 Å². The number of carbonyl (C=O) groups is 1. The summed E-state index contributed by atoms with van der Waals surface area (Å²) in [5.41, 5.74) is -0.984. The van der Waals surface area contributed by atoms with Gasteiger partial charge < -0.3 is 5.11 Å². The molecule has 0 unspecified atom stereocenters. The second kappa shape index (κ2) is 4.66. The van der Waals surface area contributed by atoms with Gasteiger partial charge in [-0.1, -0.05) is 6.08 Å². The fraction of sp³-hybridized carbons (Fsp3) is 0.750. The molecule has 2 aliphatic rings. The van der Waals surface area contributed by atoms with Crippen molar-refractivity contribution in [2.24, 2.45) is 5.41 Å². The molecule has 0 aromatic rings. The number of aliphatic carboxylic acids is 1. The third kappa shape index (κ3) is 2.31. The number of allylic oxidation sites excluding steroid dienone is 1. The monoisotopic (exact) mass is 273 g/mol. The molecule has 102 valence electrons. The SMILES string of the molecule is C=CC[C@@]1(C(=O)O)CCCN(S(=O)(=O)C2CC2)C1. The number of carboxylic acid groups (broad SMARTS) is 1. The Labute approximate surface area is 108 Å². The van der Waals surface area contributed by atoms with Crippen molar-refractivity contribution in [2.75, 3.05) is 13.1 Å². The molecule has 1 N–H and O–H groups in total. The average Bonchev–Trinajstić information content (AvgIpc) is 3.13. The minimum absolute atomic E-state index is 0.0905. The maximum atomic E-state index is 12.2. The fourth-order valence-electron chi connectivity index (χ4n) is 2.59. The second-order valence-corrected chi connectivity index (χ2v) is 7.47. The number of rotatable bonds is 5. The highest BCUT2D eigenvalue weighted by Gasteiger charge is 2.48. The Balaban J connectivity index is 2.21. The van der Waals surface area contributed by atoms with Gasteiger partial charge in [0.05, 0.1) is 10.7 Å². The molecule has 0 spiro atoms. The van der Waals surface area contributed by atoms with Crippen LogP contribution in [0.2, 0.25) is 0 Å². The lowest BCUT2D eigenvalue weighted by atomic mass is 9.78. The lowest BCUT2D eigenvalue weighted by molar-refractivity contribution is -0.151. The molecule has 5 nitrogen and oxygen atoms in total. The zero-order valence-corrected chi connectivity index (χ0v) is 11.2. The topological polar surface area (TPSA) is 74.7 Å². The van der Waals surface area contributed by atoms with E-state index in [4.69, 9.17) is 0 Å². The van der Waals surface area contributed by atoms with Crippen LogP contribution in [0.15, 0.2) is 12.7 Å². The maximum Gasteiger partial charge on any atom is 0.311 e. The van der Waals surface area contributed by atoms with E-state index < -0.39 is 21.4 Å². The van der Waals surface area contributed by atoms with Gasteiger partial charge in [0.2, 0.25) is 10.0 Å². The van der Waals surface area contributed by atoms with Crippen LogP contribution in [0.25, 0.3) is 0 Å². The van der Waals surface area contributed by atoms with E-state index in [-0.39, 0.29) is 11.8 Å². The summed E-state index contributed by atoms with van der Waals surface area (Å²) in [5.74, 6) is -0.918. The Hall–Kier alpha value is -0.880. The van der Waals surface area contributed by atoms with Crippen LogP contribution < -0.4 is 0 Å². The Morgan fingerprint density at radius 3 is 2.67 bits per heavy atom. The van der Waals surface area contributed by atoms with Crippen LogP contribution in [0.1, 0.15) is 32.1 Å². The molecule has 6 heteroatoms. The Kier molecular flexibility index (Phi) is 3.51. The van der Waals surface area contributed by atoms with Crippen molar-refractivity contribution in [3.05, 3.63) is 12.7 Å². The van der Waals surface area contributed by atoms with Gasteiger partial charge in [-0.25, -0.2) is 12.7 Å². The molecule has 0 bridgehead atoms. The molecular formula is C12H19NO4S. The van der Waals surface area contributed by atoms with Gasteiger partial charge in [-0.2, -0.15) is 0 Å². The van der Waals surface area contributed by atoms with Crippen molar-refractivity contribution in [1.29, 1.82) is 0 Å². The number of sulfonamides is 1. The van der Waals surface area contributed by atoms with Crippen molar-refractivity contribution < 1.29 is 18.3 Å². The Morgan fingerprint density at radius 1 is 1.50 bits per heavy atom.